The zero-order chi connectivity index (χ0) is 12.5. The van der Waals surface area contributed by atoms with Crippen molar-refractivity contribution in [3.63, 3.8) is 0 Å². The van der Waals surface area contributed by atoms with Gasteiger partial charge < -0.3 is 0 Å². The van der Waals surface area contributed by atoms with Gasteiger partial charge in [-0.25, -0.2) is 0 Å². The molecule has 1 N–H and O–H groups in total. The number of nitrogens with one attached hydrogen (secondary N) is 1. The molecule has 0 aliphatic rings. The lowest BCUT2D eigenvalue weighted by atomic mass is 10.0. The van der Waals surface area contributed by atoms with Gasteiger partial charge in [-0.3, -0.25) is 5.41 Å². The fourth-order valence-electron chi connectivity index (χ4n) is 1.38. The van der Waals surface area contributed by atoms with Crippen molar-refractivity contribution in [2.75, 3.05) is 0 Å². The van der Waals surface area contributed by atoms with Crippen molar-refractivity contribution in [1.82, 2.24) is 0 Å². The van der Waals surface area contributed by atoms with Gasteiger partial charge in [-0.15, -0.1) is 0 Å². The first kappa shape index (κ1) is 12.7. The monoisotopic (exact) mass is 222 g/mol. The Labute approximate surface area is 102 Å². The SMILES string of the molecule is CC#N.N=C(c1ccccc1)c1ccccc1. The number of hydrogen-bond acceptors (Lipinski definition) is 2. The summed E-state index contributed by atoms with van der Waals surface area (Å²) >= 11 is 0. The summed E-state index contributed by atoms with van der Waals surface area (Å²) in [6, 6.07) is 21.3. The summed E-state index contributed by atoms with van der Waals surface area (Å²) in [6.45, 7) is 1.43. The lowest BCUT2D eigenvalue weighted by Gasteiger charge is -2.02. The fourth-order valence-corrected chi connectivity index (χ4v) is 1.38. The molecule has 2 nitrogen and oxygen atoms in total. The van der Waals surface area contributed by atoms with E-state index in [9.17, 15) is 0 Å². The Kier molecular flexibility index (Phi) is 5.19. The molecule has 0 saturated carbocycles. The van der Waals surface area contributed by atoms with Gasteiger partial charge in [0, 0.05) is 6.92 Å². The van der Waals surface area contributed by atoms with Crippen LogP contribution in [0.2, 0.25) is 0 Å². The predicted molar refractivity (Wildman–Crippen MR) is 70.1 cm³/mol. The van der Waals surface area contributed by atoms with E-state index in [-0.39, 0.29) is 0 Å². The quantitative estimate of drug-likeness (QED) is 0.775. The van der Waals surface area contributed by atoms with E-state index in [0.717, 1.165) is 11.1 Å². The Morgan fingerprint density at radius 2 is 1.18 bits per heavy atom. The molecule has 0 aliphatic carbocycles. The summed E-state index contributed by atoms with van der Waals surface area (Å²) in [7, 11) is 0. The average Bonchev–Trinajstić information content (AvgIpc) is 2.41. The van der Waals surface area contributed by atoms with Gasteiger partial charge in [0.15, 0.2) is 0 Å². The first-order valence-corrected chi connectivity index (χ1v) is 5.29. The minimum Gasteiger partial charge on any atom is -0.300 e. The Hall–Kier alpha value is -2.40. The van der Waals surface area contributed by atoms with Crippen LogP contribution in [-0.4, -0.2) is 5.71 Å². The number of rotatable bonds is 2. The molecule has 2 aromatic carbocycles. The first-order valence-electron chi connectivity index (χ1n) is 5.29. The molecular formula is C15H14N2. The van der Waals surface area contributed by atoms with Crippen molar-refractivity contribution >= 4 is 5.71 Å². The minimum absolute atomic E-state index is 0.575. The maximum atomic E-state index is 7.97. The largest absolute Gasteiger partial charge is 0.300 e. The van der Waals surface area contributed by atoms with Gasteiger partial charge in [0.1, 0.15) is 0 Å². The summed E-state index contributed by atoms with van der Waals surface area (Å²) in [5.74, 6) is 0. The molecule has 0 aliphatic heterocycles. The average molecular weight is 222 g/mol. The fraction of sp³-hybridized carbons (Fsp3) is 0.0667. The van der Waals surface area contributed by atoms with E-state index in [2.05, 4.69) is 0 Å². The Morgan fingerprint density at radius 3 is 1.47 bits per heavy atom. The van der Waals surface area contributed by atoms with Crippen molar-refractivity contribution in [2.45, 2.75) is 6.92 Å². The number of nitrogens with zero attached hydrogens (tertiary/aromatic N) is 1. The second-order valence-electron chi connectivity index (χ2n) is 3.33. The molecule has 0 saturated heterocycles. The van der Waals surface area contributed by atoms with Crippen LogP contribution in [-0.2, 0) is 0 Å². The van der Waals surface area contributed by atoms with Crippen molar-refractivity contribution in [1.29, 1.82) is 10.7 Å². The highest BCUT2D eigenvalue weighted by molar-refractivity contribution is 6.10. The third-order valence-electron chi connectivity index (χ3n) is 2.12. The van der Waals surface area contributed by atoms with Crippen LogP contribution in [0.25, 0.3) is 0 Å². The molecule has 2 heteroatoms. The van der Waals surface area contributed by atoms with Gasteiger partial charge in [0.25, 0.3) is 0 Å². The van der Waals surface area contributed by atoms with Crippen molar-refractivity contribution in [3.8, 4) is 6.07 Å². The number of hydrogen-bond donors (Lipinski definition) is 1. The van der Waals surface area contributed by atoms with Gasteiger partial charge >= 0.3 is 0 Å². The van der Waals surface area contributed by atoms with Crippen LogP contribution in [0.5, 0.6) is 0 Å². The van der Waals surface area contributed by atoms with Gasteiger partial charge in [0.2, 0.25) is 0 Å². The molecule has 0 radical (unpaired) electrons. The zero-order valence-corrected chi connectivity index (χ0v) is 9.72. The minimum atomic E-state index is 0.575. The van der Waals surface area contributed by atoms with E-state index in [1.165, 1.54) is 6.92 Å². The molecule has 0 unspecified atom stereocenters. The maximum Gasteiger partial charge on any atom is 0.0684 e. The second kappa shape index (κ2) is 6.97. The standard InChI is InChI=1S/C13H11N.C2H3N/c14-13(11-7-3-1-4-8-11)12-9-5-2-6-10-12;1-2-3/h1-10,14H;1H3. The molecule has 84 valence electrons. The van der Waals surface area contributed by atoms with E-state index < -0.39 is 0 Å². The zero-order valence-electron chi connectivity index (χ0n) is 9.72. The normalized spacial score (nSPS) is 8.47. The Balaban J connectivity index is 0.000000437. The van der Waals surface area contributed by atoms with Crippen LogP contribution in [0.4, 0.5) is 0 Å². The van der Waals surface area contributed by atoms with Crippen LogP contribution < -0.4 is 0 Å². The molecule has 0 amide bonds. The molecule has 0 bridgehead atoms. The van der Waals surface area contributed by atoms with Crippen LogP contribution in [0, 0.1) is 16.7 Å². The molecule has 0 fully saturated rings. The molecule has 0 spiro atoms. The highest BCUT2D eigenvalue weighted by Gasteiger charge is 2.01. The Morgan fingerprint density at radius 1 is 0.882 bits per heavy atom. The van der Waals surface area contributed by atoms with Gasteiger partial charge in [0.05, 0.1) is 11.8 Å². The predicted octanol–water partition coefficient (Wildman–Crippen LogP) is 3.63. The third kappa shape index (κ3) is 3.92. The van der Waals surface area contributed by atoms with Crippen LogP contribution >= 0.6 is 0 Å². The molecular weight excluding hydrogens is 208 g/mol. The molecule has 17 heavy (non-hydrogen) atoms. The molecule has 2 aromatic rings. The second-order valence-corrected chi connectivity index (χ2v) is 3.33. The maximum absolute atomic E-state index is 7.97. The lowest BCUT2D eigenvalue weighted by Crippen LogP contribution is -1.99. The van der Waals surface area contributed by atoms with Crippen molar-refractivity contribution in [2.24, 2.45) is 0 Å². The van der Waals surface area contributed by atoms with E-state index in [1.54, 1.807) is 6.07 Å². The summed E-state index contributed by atoms with van der Waals surface area (Å²) in [6.07, 6.45) is 0. The number of benzene rings is 2. The van der Waals surface area contributed by atoms with E-state index >= 15 is 0 Å². The smallest absolute Gasteiger partial charge is 0.0684 e. The summed E-state index contributed by atoms with van der Waals surface area (Å²) < 4.78 is 0. The van der Waals surface area contributed by atoms with E-state index in [1.807, 2.05) is 60.7 Å². The van der Waals surface area contributed by atoms with Gasteiger partial charge in [-0.1, -0.05) is 60.7 Å². The molecule has 2 rings (SSSR count). The molecule has 0 heterocycles. The summed E-state index contributed by atoms with van der Waals surface area (Å²) in [5.41, 5.74) is 2.49. The third-order valence-corrected chi connectivity index (χ3v) is 2.12. The Bertz CT molecular complexity index is 454. The van der Waals surface area contributed by atoms with Crippen molar-refractivity contribution in [3.05, 3.63) is 71.8 Å². The lowest BCUT2D eigenvalue weighted by molar-refractivity contribution is 1.46. The van der Waals surface area contributed by atoms with Gasteiger partial charge in [-0.2, -0.15) is 5.26 Å². The topological polar surface area (TPSA) is 47.6 Å². The highest BCUT2D eigenvalue weighted by Crippen LogP contribution is 2.08. The summed E-state index contributed by atoms with van der Waals surface area (Å²) in [4.78, 5) is 0. The van der Waals surface area contributed by atoms with Crippen LogP contribution in [0.3, 0.4) is 0 Å². The van der Waals surface area contributed by atoms with E-state index in [4.69, 9.17) is 10.7 Å². The summed E-state index contributed by atoms with van der Waals surface area (Å²) in [5, 5.41) is 15.3. The van der Waals surface area contributed by atoms with Crippen molar-refractivity contribution < 1.29 is 0 Å². The van der Waals surface area contributed by atoms with Crippen LogP contribution in [0.15, 0.2) is 60.7 Å². The molecule has 0 atom stereocenters. The van der Waals surface area contributed by atoms with Gasteiger partial charge in [-0.05, 0) is 11.1 Å². The van der Waals surface area contributed by atoms with Crippen LogP contribution in [0.1, 0.15) is 18.1 Å². The first-order chi connectivity index (χ1) is 8.29. The van der Waals surface area contributed by atoms with E-state index in [0.29, 0.717) is 5.71 Å². The molecule has 0 aromatic heterocycles. The number of nitriles is 1. The highest BCUT2D eigenvalue weighted by atomic mass is 14.4.